The number of nitrogens with one attached hydrogen (secondary N) is 2. The first kappa shape index (κ1) is 24.5. The molecule has 0 atom stereocenters. The van der Waals surface area contributed by atoms with E-state index in [1.54, 1.807) is 6.07 Å². The third-order valence-corrected chi connectivity index (χ3v) is 5.79. The van der Waals surface area contributed by atoms with Gasteiger partial charge in [0, 0.05) is 34.9 Å². The van der Waals surface area contributed by atoms with Crippen LogP contribution < -0.4 is 16.4 Å². The van der Waals surface area contributed by atoms with Crippen molar-refractivity contribution in [3.8, 4) is 0 Å². The van der Waals surface area contributed by atoms with Crippen LogP contribution in [0.5, 0.6) is 0 Å². The second-order valence-electron chi connectivity index (χ2n) is 8.26. The normalized spacial score (nSPS) is 14.8. The Hall–Kier alpha value is -3.15. The van der Waals surface area contributed by atoms with Crippen molar-refractivity contribution in [2.24, 2.45) is 5.73 Å². The highest BCUT2D eigenvalue weighted by molar-refractivity contribution is 5.75. The monoisotopic (exact) mass is 455 g/mol. The number of allylic oxidation sites excluding steroid dienone is 3. The summed E-state index contributed by atoms with van der Waals surface area (Å²) >= 11 is 0. The van der Waals surface area contributed by atoms with Crippen LogP contribution in [-0.4, -0.2) is 6.54 Å². The first-order valence-electron chi connectivity index (χ1n) is 11.4. The minimum atomic E-state index is -4.39. The molecule has 0 heterocycles. The first-order valence-corrected chi connectivity index (χ1v) is 11.4. The van der Waals surface area contributed by atoms with Crippen LogP contribution in [0.3, 0.4) is 0 Å². The molecule has 0 unspecified atom stereocenters. The highest BCUT2D eigenvalue weighted by Gasteiger charge is 2.32. The van der Waals surface area contributed by atoms with Gasteiger partial charge >= 0.3 is 6.18 Å². The van der Waals surface area contributed by atoms with Gasteiger partial charge in [0.05, 0.1) is 5.56 Å². The summed E-state index contributed by atoms with van der Waals surface area (Å²) in [5.41, 5.74) is 11.0. The minimum absolute atomic E-state index is 0.137. The quantitative estimate of drug-likeness (QED) is 0.381. The van der Waals surface area contributed by atoms with E-state index in [0.29, 0.717) is 5.70 Å². The lowest BCUT2D eigenvalue weighted by atomic mass is 9.92. The summed E-state index contributed by atoms with van der Waals surface area (Å²) in [6, 6.07) is 13.6. The second kappa shape index (κ2) is 11.1. The fraction of sp³-hybridized carbons (Fsp3) is 0.333. The van der Waals surface area contributed by atoms with Gasteiger partial charge in [-0.15, -0.1) is 0 Å². The molecular weight excluding hydrogens is 423 g/mol. The number of hydrogen-bond donors (Lipinski definition) is 3. The van der Waals surface area contributed by atoms with Crippen LogP contribution in [-0.2, 0) is 12.6 Å². The molecule has 176 valence electrons. The fourth-order valence-corrected chi connectivity index (χ4v) is 4.06. The van der Waals surface area contributed by atoms with Crippen molar-refractivity contribution >= 4 is 11.4 Å². The Morgan fingerprint density at radius 1 is 1.06 bits per heavy atom. The molecule has 0 spiro atoms. The zero-order valence-corrected chi connectivity index (χ0v) is 19.1. The maximum Gasteiger partial charge on any atom is 0.416 e. The van der Waals surface area contributed by atoms with Gasteiger partial charge in [0.15, 0.2) is 0 Å². The number of nitrogens with two attached hydrogens (primary N) is 1. The maximum atomic E-state index is 13.5. The first-order chi connectivity index (χ1) is 15.8. The molecular formula is C27H32F3N3. The average molecular weight is 456 g/mol. The van der Waals surface area contributed by atoms with E-state index in [9.17, 15) is 13.2 Å². The van der Waals surface area contributed by atoms with Gasteiger partial charge in [-0.3, -0.25) is 0 Å². The van der Waals surface area contributed by atoms with Crippen molar-refractivity contribution in [2.45, 2.75) is 51.6 Å². The SMILES string of the molecule is C=C(N/C(=C/Cc1ccccc1C(F)(F)F)C1=C(N)CCCC1)c1ccccc1NCCC. The van der Waals surface area contributed by atoms with Crippen LogP contribution in [0.2, 0.25) is 0 Å². The molecule has 0 fully saturated rings. The lowest BCUT2D eigenvalue weighted by molar-refractivity contribution is -0.138. The van der Waals surface area contributed by atoms with Gasteiger partial charge in [-0.25, -0.2) is 0 Å². The Balaban J connectivity index is 1.94. The van der Waals surface area contributed by atoms with Crippen molar-refractivity contribution in [1.29, 1.82) is 0 Å². The molecule has 0 saturated carbocycles. The van der Waals surface area contributed by atoms with E-state index in [4.69, 9.17) is 5.73 Å². The second-order valence-corrected chi connectivity index (χ2v) is 8.26. The van der Waals surface area contributed by atoms with Crippen molar-refractivity contribution < 1.29 is 13.2 Å². The van der Waals surface area contributed by atoms with Crippen molar-refractivity contribution in [1.82, 2.24) is 5.32 Å². The summed E-state index contributed by atoms with van der Waals surface area (Å²) in [5, 5.41) is 6.79. The summed E-state index contributed by atoms with van der Waals surface area (Å²) in [6.45, 7) is 7.16. The summed E-state index contributed by atoms with van der Waals surface area (Å²) in [6.07, 6.45) is 2.13. The summed E-state index contributed by atoms with van der Waals surface area (Å²) in [7, 11) is 0. The number of para-hydroxylation sites is 1. The van der Waals surface area contributed by atoms with Crippen LogP contribution in [0.25, 0.3) is 5.70 Å². The van der Waals surface area contributed by atoms with Crippen molar-refractivity contribution in [3.63, 3.8) is 0 Å². The van der Waals surface area contributed by atoms with E-state index in [-0.39, 0.29) is 12.0 Å². The molecule has 6 heteroatoms. The molecule has 0 bridgehead atoms. The van der Waals surface area contributed by atoms with E-state index in [1.807, 2.05) is 30.3 Å². The molecule has 33 heavy (non-hydrogen) atoms. The Morgan fingerprint density at radius 3 is 2.48 bits per heavy atom. The van der Waals surface area contributed by atoms with Gasteiger partial charge in [0.25, 0.3) is 0 Å². The van der Waals surface area contributed by atoms with Crippen LogP contribution in [0.15, 0.2) is 78.2 Å². The van der Waals surface area contributed by atoms with E-state index in [0.717, 1.165) is 72.9 Å². The Bertz CT molecular complexity index is 1030. The summed E-state index contributed by atoms with van der Waals surface area (Å²) < 4.78 is 40.4. The number of benzene rings is 2. The zero-order chi connectivity index (χ0) is 23.8. The molecule has 2 aromatic rings. The summed E-state index contributed by atoms with van der Waals surface area (Å²) in [5.74, 6) is 0. The predicted octanol–water partition coefficient (Wildman–Crippen LogP) is 7.00. The molecule has 4 N–H and O–H groups in total. The smallest absolute Gasteiger partial charge is 0.402 e. The average Bonchev–Trinajstić information content (AvgIpc) is 2.80. The molecule has 1 aliphatic rings. The molecule has 0 aliphatic heterocycles. The van der Waals surface area contributed by atoms with Crippen molar-refractivity contribution in [2.75, 3.05) is 11.9 Å². The molecule has 3 rings (SSSR count). The number of anilines is 1. The highest BCUT2D eigenvalue weighted by atomic mass is 19.4. The largest absolute Gasteiger partial charge is 0.416 e. The molecule has 3 nitrogen and oxygen atoms in total. The molecule has 2 aromatic carbocycles. The molecule has 0 amide bonds. The Kier molecular flexibility index (Phi) is 8.26. The zero-order valence-electron chi connectivity index (χ0n) is 19.1. The predicted molar refractivity (Wildman–Crippen MR) is 130 cm³/mol. The van der Waals surface area contributed by atoms with Gasteiger partial charge in [0.2, 0.25) is 0 Å². The van der Waals surface area contributed by atoms with Gasteiger partial charge in [0.1, 0.15) is 0 Å². The van der Waals surface area contributed by atoms with Gasteiger partial charge < -0.3 is 16.4 Å². The van der Waals surface area contributed by atoms with Crippen LogP contribution in [0.4, 0.5) is 18.9 Å². The highest BCUT2D eigenvalue weighted by Crippen LogP contribution is 2.33. The third kappa shape index (κ3) is 6.44. The third-order valence-electron chi connectivity index (χ3n) is 5.79. The van der Waals surface area contributed by atoms with E-state index >= 15 is 0 Å². The number of alkyl halides is 3. The van der Waals surface area contributed by atoms with E-state index < -0.39 is 11.7 Å². The Labute approximate surface area is 194 Å². The molecule has 0 radical (unpaired) electrons. The topological polar surface area (TPSA) is 50.1 Å². The number of rotatable bonds is 9. The van der Waals surface area contributed by atoms with Crippen LogP contribution >= 0.6 is 0 Å². The molecule has 0 saturated heterocycles. The van der Waals surface area contributed by atoms with Crippen LogP contribution in [0, 0.1) is 0 Å². The molecule has 0 aromatic heterocycles. The lowest BCUT2D eigenvalue weighted by Crippen LogP contribution is -2.19. The van der Waals surface area contributed by atoms with Crippen molar-refractivity contribution in [3.05, 3.63) is 94.8 Å². The standard InChI is InChI=1S/C27H32F3N3/c1-3-18-32-25-15-9-6-11-21(25)19(2)33-26(22-12-5-8-14-24(22)31)17-16-20-10-4-7-13-23(20)27(28,29)30/h4,6-7,9-11,13,15,17,32-33H,2-3,5,8,12,14,16,18,31H2,1H3/b26-17+. The maximum absolute atomic E-state index is 13.5. The van der Waals surface area contributed by atoms with Crippen LogP contribution in [0.1, 0.15) is 55.7 Å². The van der Waals surface area contributed by atoms with Gasteiger partial charge in [-0.05, 0) is 61.8 Å². The van der Waals surface area contributed by atoms with Gasteiger partial charge in [-0.2, -0.15) is 13.2 Å². The van der Waals surface area contributed by atoms with E-state index in [1.165, 1.54) is 12.1 Å². The van der Waals surface area contributed by atoms with E-state index in [2.05, 4.69) is 24.1 Å². The molecule has 1 aliphatic carbocycles. The van der Waals surface area contributed by atoms with Gasteiger partial charge in [-0.1, -0.05) is 56.0 Å². The number of halogens is 3. The minimum Gasteiger partial charge on any atom is -0.402 e. The number of hydrogen-bond acceptors (Lipinski definition) is 3. The lowest BCUT2D eigenvalue weighted by Gasteiger charge is -2.23. The summed E-state index contributed by atoms with van der Waals surface area (Å²) in [4.78, 5) is 0. The fourth-order valence-electron chi connectivity index (χ4n) is 4.06. The Morgan fingerprint density at radius 2 is 1.76 bits per heavy atom.